The summed E-state index contributed by atoms with van der Waals surface area (Å²) in [6.07, 6.45) is 16.3. The minimum atomic E-state index is -0.0807. The van der Waals surface area contributed by atoms with Gasteiger partial charge >= 0.3 is 0 Å². The van der Waals surface area contributed by atoms with Crippen molar-refractivity contribution in [3.8, 4) is 22.3 Å². The van der Waals surface area contributed by atoms with Crippen LogP contribution in [0.2, 0.25) is 0 Å². The lowest BCUT2D eigenvalue weighted by Crippen LogP contribution is -2.24. The van der Waals surface area contributed by atoms with E-state index in [1.165, 1.54) is 77.7 Å². The maximum atomic E-state index is 2.49. The molecule has 4 aliphatic carbocycles. The minimum absolute atomic E-state index is 0.0802. The fourth-order valence-electron chi connectivity index (χ4n) is 11.0. The first-order valence-corrected chi connectivity index (χ1v) is 21.4. The molecule has 4 aliphatic rings. The van der Waals surface area contributed by atoms with E-state index in [1.807, 2.05) is 0 Å². The van der Waals surface area contributed by atoms with Gasteiger partial charge in [0, 0.05) is 28.4 Å². The van der Waals surface area contributed by atoms with E-state index in [9.17, 15) is 0 Å². The van der Waals surface area contributed by atoms with Crippen LogP contribution in [0.25, 0.3) is 44.2 Å². The van der Waals surface area contributed by atoms with E-state index < -0.39 is 0 Å². The van der Waals surface area contributed by atoms with Crippen LogP contribution in [0, 0.1) is 5.92 Å². The highest BCUT2D eigenvalue weighted by molar-refractivity contribution is 5.99. The Morgan fingerprint density at radius 2 is 1.10 bits per heavy atom. The van der Waals surface area contributed by atoms with Crippen molar-refractivity contribution in [3.05, 3.63) is 221 Å². The Labute approximate surface area is 349 Å². The molecule has 1 heteroatoms. The van der Waals surface area contributed by atoms with Crippen LogP contribution in [0.15, 0.2) is 188 Å². The van der Waals surface area contributed by atoms with Gasteiger partial charge in [-0.05, 0) is 138 Å². The van der Waals surface area contributed by atoms with Gasteiger partial charge in [-0.1, -0.05) is 179 Å². The average Bonchev–Trinajstić information content (AvgIpc) is 3.65. The molecule has 0 amide bonds. The number of hydrogen-bond acceptors (Lipinski definition) is 1. The molecular weight excluding hydrogens is 711 g/mol. The molecule has 0 fully saturated rings. The predicted octanol–water partition coefficient (Wildman–Crippen LogP) is 15.7. The summed E-state index contributed by atoms with van der Waals surface area (Å²) in [5.74, 6) is 0.890. The summed E-state index contributed by atoms with van der Waals surface area (Å²) in [7, 11) is 0. The first-order chi connectivity index (χ1) is 28.8. The van der Waals surface area contributed by atoms with Crippen LogP contribution >= 0.6 is 0 Å². The van der Waals surface area contributed by atoms with Gasteiger partial charge in [-0.3, -0.25) is 0 Å². The van der Waals surface area contributed by atoms with Crippen molar-refractivity contribution in [1.29, 1.82) is 0 Å². The third-order valence-corrected chi connectivity index (χ3v) is 14.1. The maximum Gasteiger partial charge on any atom is 0.0465 e. The molecule has 0 aliphatic heterocycles. The molecule has 0 radical (unpaired) electrons. The number of benzene rings is 7. The number of anilines is 3. The second kappa shape index (κ2) is 13.6. The monoisotopic (exact) mass is 759 g/mol. The van der Waals surface area contributed by atoms with Crippen LogP contribution in [-0.2, 0) is 10.8 Å². The molecule has 7 aromatic rings. The largest absolute Gasteiger partial charge is 0.310 e. The number of nitrogens with zero attached hydrogens (tertiary/aromatic N) is 1. The molecule has 7 aromatic carbocycles. The van der Waals surface area contributed by atoms with Crippen molar-refractivity contribution in [2.75, 3.05) is 4.90 Å². The lowest BCUT2D eigenvalue weighted by Gasteiger charge is -2.29. The fourth-order valence-corrected chi connectivity index (χ4v) is 11.0. The Balaban J connectivity index is 0.966. The van der Waals surface area contributed by atoms with Crippen LogP contribution in [0.1, 0.15) is 79.8 Å². The Hall–Kier alpha value is -6.44. The van der Waals surface area contributed by atoms with E-state index in [2.05, 4.69) is 221 Å². The van der Waals surface area contributed by atoms with E-state index in [4.69, 9.17) is 0 Å². The van der Waals surface area contributed by atoms with Crippen LogP contribution in [0.3, 0.4) is 0 Å². The van der Waals surface area contributed by atoms with Crippen molar-refractivity contribution in [2.24, 2.45) is 5.92 Å². The highest BCUT2D eigenvalue weighted by Gasteiger charge is 2.46. The van der Waals surface area contributed by atoms with Crippen LogP contribution < -0.4 is 4.90 Å². The van der Waals surface area contributed by atoms with E-state index in [0.29, 0.717) is 11.8 Å². The number of hydrogen-bond donors (Lipinski definition) is 0. The maximum absolute atomic E-state index is 2.49. The predicted molar refractivity (Wildman–Crippen MR) is 251 cm³/mol. The van der Waals surface area contributed by atoms with Crippen molar-refractivity contribution >= 4 is 39.0 Å². The Morgan fingerprint density at radius 1 is 0.492 bits per heavy atom. The molecule has 0 saturated heterocycles. The normalized spacial score (nSPS) is 19.1. The highest BCUT2D eigenvalue weighted by atomic mass is 15.1. The standard InChI is InChI=1S/C58H49N/c1-57(2)51-20-12-10-18-48(51)49-35-34-46(37-53(49)57)59(44-30-26-40(27-31-44)38-14-6-5-7-15-38)45-32-28-41(29-33-45)39-22-24-42(25-23-39)55-47-17-9-8-16-43(47)36-54-56(55)50-19-11-13-21-52(50)58(54,3)4/h5-22,24,26-37,50,52H,23,25H2,1-4H3. The van der Waals surface area contributed by atoms with Gasteiger partial charge in [-0.15, -0.1) is 0 Å². The average molecular weight is 760 g/mol. The summed E-state index contributed by atoms with van der Waals surface area (Å²) in [6, 6.07) is 56.5. The zero-order valence-electron chi connectivity index (χ0n) is 34.4. The molecule has 286 valence electrons. The van der Waals surface area contributed by atoms with Gasteiger partial charge in [0.15, 0.2) is 0 Å². The van der Waals surface area contributed by atoms with Gasteiger partial charge in [-0.25, -0.2) is 0 Å². The van der Waals surface area contributed by atoms with Gasteiger partial charge < -0.3 is 4.90 Å². The van der Waals surface area contributed by atoms with Gasteiger partial charge in [0.2, 0.25) is 0 Å². The van der Waals surface area contributed by atoms with Crippen LogP contribution in [0.4, 0.5) is 17.1 Å². The van der Waals surface area contributed by atoms with Gasteiger partial charge in [0.05, 0.1) is 0 Å². The molecule has 11 rings (SSSR count). The SMILES string of the molecule is CC1(C)c2ccccc2-c2ccc(N(c3ccc(C4=CC=C(c5c6c(cc7ccccc57)C(C)(C)C5C=CC=CC65)CC4)cc3)c3ccc(-c4ccccc4)cc3)cc21. The second-order valence-electron chi connectivity index (χ2n) is 18.1. The summed E-state index contributed by atoms with van der Waals surface area (Å²) in [6.45, 7) is 9.62. The van der Waals surface area contributed by atoms with E-state index in [-0.39, 0.29) is 10.8 Å². The summed E-state index contributed by atoms with van der Waals surface area (Å²) in [5, 5.41) is 2.73. The van der Waals surface area contributed by atoms with Crippen molar-refractivity contribution in [3.63, 3.8) is 0 Å². The molecule has 0 saturated carbocycles. The molecular formula is C58H49N. The fraction of sp³-hybridized carbons (Fsp3) is 0.172. The Morgan fingerprint density at radius 3 is 1.86 bits per heavy atom. The Kier molecular flexibility index (Phi) is 8.21. The molecule has 0 bridgehead atoms. The molecule has 2 atom stereocenters. The second-order valence-corrected chi connectivity index (χ2v) is 18.1. The van der Waals surface area contributed by atoms with E-state index >= 15 is 0 Å². The lowest BCUT2D eigenvalue weighted by molar-refractivity contribution is 0.394. The van der Waals surface area contributed by atoms with Crippen LogP contribution in [0.5, 0.6) is 0 Å². The first-order valence-electron chi connectivity index (χ1n) is 21.4. The molecule has 0 spiro atoms. The molecule has 0 heterocycles. The van der Waals surface area contributed by atoms with Crippen molar-refractivity contribution < 1.29 is 0 Å². The Bertz CT molecular complexity index is 2910. The topological polar surface area (TPSA) is 3.24 Å². The van der Waals surface area contributed by atoms with Gasteiger partial charge in [-0.2, -0.15) is 0 Å². The van der Waals surface area contributed by atoms with Crippen molar-refractivity contribution in [2.45, 2.75) is 57.3 Å². The zero-order chi connectivity index (χ0) is 39.9. The van der Waals surface area contributed by atoms with E-state index in [1.54, 1.807) is 5.56 Å². The molecule has 2 unspecified atom stereocenters. The summed E-state index contributed by atoms with van der Waals surface area (Å²) in [5.41, 5.74) is 20.1. The van der Waals surface area contributed by atoms with Gasteiger partial charge in [0.1, 0.15) is 0 Å². The van der Waals surface area contributed by atoms with Gasteiger partial charge in [0.25, 0.3) is 0 Å². The minimum Gasteiger partial charge on any atom is -0.310 e. The molecule has 1 nitrogen and oxygen atoms in total. The third kappa shape index (κ3) is 5.66. The molecule has 59 heavy (non-hydrogen) atoms. The van der Waals surface area contributed by atoms with Crippen molar-refractivity contribution in [1.82, 2.24) is 0 Å². The van der Waals surface area contributed by atoms with Crippen LogP contribution in [-0.4, -0.2) is 0 Å². The first kappa shape index (κ1) is 35.7. The number of fused-ring (bicyclic) bond motifs is 7. The quantitative estimate of drug-likeness (QED) is 0.163. The molecule has 0 aromatic heterocycles. The summed E-state index contributed by atoms with van der Waals surface area (Å²) >= 11 is 0. The third-order valence-electron chi connectivity index (χ3n) is 14.1. The summed E-state index contributed by atoms with van der Waals surface area (Å²) in [4.78, 5) is 2.43. The smallest absolute Gasteiger partial charge is 0.0465 e. The number of rotatable bonds is 6. The molecule has 0 N–H and O–H groups in total. The van der Waals surface area contributed by atoms with E-state index in [0.717, 1.165) is 24.2 Å². The zero-order valence-corrected chi connectivity index (χ0v) is 34.4. The number of allylic oxidation sites excluding steroid dienone is 8. The lowest BCUT2D eigenvalue weighted by atomic mass is 9.74. The summed E-state index contributed by atoms with van der Waals surface area (Å²) < 4.78 is 0. The highest BCUT2D eigenvalue weighted by Crippen LogP contribution is 2.57.